The van der Waals surface area contributed by atoms with Crippen molar-refractivity contribution in [1.29, 1.82) is 0 Å². The van der Waals surface area contributed by atoms with E-state index < -0.39 is 0 Å². The van der Waals surface area contributed by atoms with Crippen LogP contribution in [0.1, 0.15) is 22.0 Å². The molecule has 0 fully saturated rings. The van der Waals surface area contributed by atoms with Crippen molar-refractivity contribution in [3.05, 3.63) is 41.6 Å². The number of hydrogen-bond donors (Lipinski definition) is 1. The molecule has 23 heavy (non-hydrogen) atoms. The second-order valence-corrected chi connectivity index (χ2v) is 5.37. The van der Waals surface area contributed by atoms with Crippen LogP contribution in [0.15, 0.2) is 38.5 Å². The molecule has 3 aromatic heterocycles. The maximum atomic E-state index is 12.2. The lowest BCUT2D eigenvalue weighted by Crippen LogP contribution is -2.23. The van der Waals surface area contributed by atoms with Gasteiger partial charge in [0, 0.05) is 12.3 Å². The minimum Gasteiger partial charge on any atom is -0.361 e. The van der Waals surface area contributed by atoms with Crippen LogP contribution in [0.25, 0.3) is 11.5 Å². The van der Waals surface area contributed by atoms with E-state index >= 15 is 0 Å². The number of carbonyl (C=O) groups is 1. The van der Waals surface area contributed by atoms with Gasteiger partial charge in [-0.1, -0.05) is 10.3 Å². The third-order valence-corrected chi connectivity index (χ3v) is 3.65. The van der Waals surface area contributed by atoms with Gasteiger partial charge in [-0.05, 0) is 25.3 Å². The topological polar surface area (TPSA) is 107 Å². The van der Waals surface area contributed by atoms with Crippen molar-refractivity contribution in [2.24, 2.45) is 0 Å². The van der Waals surface area contributed by atoms with Crippen molar-refractivity contribution in [2.45, 2.75) is 18.5 Å². The average Bonchev–Trinajstić information content (AvgIpc) is 3.21. The number of thioether (sulfide) groups is 1. The molecule has 0 aliphatic carbocycles. The molecule has 0 radical (unpaired) electrons. The van der Waals surface area contributed by atoms with Crippen molar-refractivity contribution >= 4 is 17.7 Å². The Balaban J connectivity index is 1.67. The average molecular weight is 331 g/mol. The predicted molar refractivity (Wildman–Crippen MR) is 81.7 cm³/mol. The van der Waals surface area contributed by atoms with E-state index in [1.54, 1.807) is 31.3 Å². The van der Waals surface area contributed by atoms with Gasteiger partial charge >= 0.3 is 0 Å². The summed E-state index contributed by atoms with van der Waals surface area (Å²) >= 11 is 1.41. The number of rotatable bonds is 5. The second kappa shape index (κ2) is 6.61. The van der Waals surface area contributed by atoms with Crippen LogP contribution < -0.4 is 5.32 Å². The number of aromatic nitrogens is 4. The predicted octanol–water partition coefficient (Wildman–Crippen LogP) is 2.08. The normalized spacial score (nSPS) is 10.7. The Morgan fingerprint density at radius 2 is 2.22 bits per heavy atom. The van der Waals surface area contributed by atoms with Crippen molar-refractivity contribution in [3.63, 3.8) is 0 Å². The zero-order chi connectivity index (χ0) is 16.2. The molecule has 0 aromatic carbocycles. The molecule has 0 bridgehead atoms. The first-order valence-corrected chi connectivity index (χ1v) is 7.93. The summed E-state index contributed by atoms with van der Waals surface area (Å²) in [5, 5.41) is 11.0. The summed E-state index contributed by atoms with van der Waals surface area (Å²) in [4.78, 5) is 20.5. The Bertz CT molecular complexity index is 829. The molecule has 1 amide bonds. The largest absolute Gasteiger partial charge is 0.361 e. The van der Waals surface area contributed by atoms with E-state index in [4.69, 9.17) is 9.05 Å². The van der Waals surface area contributed by atoms with Crippen molar-refractivity contribution < 1.29 is 13.8 Å². The van der Waals surface area contributed by atoms with E-state index in [-0.39, 0.29) is 18.3 Å². The molecule has 0 aliphatic rings. The number of aryl methyl sites for hydroxylation is 1. The summed E-state index contributed by atoms with van der Waals surface area (Å²) in [6.45, 7) is 1.89. The molecule has 3 aromatic rings. The number of amides is 1. The van der Waals surface area contributed by atoms with E-state index in [2.05, 4.69) is 25.6 Å². The van der Waals surface area contributed by atoms with E-state index in [1.807, 2.05) is 6.26 Å². The third kappa shape index (κ3) is 3.39. The fraction of sp³-hybridized carbons (Fsp3) is 0.214. The van der Waals surface area contributed by atoms with Gasteiger partial charge in [-0.25, -0.2) is 4.98 Å². The van der Waals surface area contributed by atoms with Gasteiger partial charge in [-0.3, -0.25) is 4.79 Å². The van der Waals surface area contributed by atoms with Crippen LogP contribution in [-0.2, 0) is 6.54 Å². The van der Waals surface area contributed by atoms with Crippen molar-refractivity contribution in [1.82, 2.24) is 25.6 Å². The highest BCUT2D eigenvalue weighted by atomic mass is 32.2. The summed E-state index contributed by atoms with van der Waals surface area (Å²) in [5.41, 5.74) is 0.993. The van der Waals surface area contributed by atoms with E-state index in [0.717, 1.165) is 0 Å². The first-order valence-electron chi connectivity index (χ1n) is 6.71. The van der Waals surface area contributed by atoms with Gasteiger partial charge < -0.3 is 14.4 Å². The van der Waals surface area contributed by atoms with Crippen LogP contribution in [0.3, 0.4) is 0 Å². The van der Waals surface area contributed by atoms with Gasteiger partial charge in [0.15, 0.2) is 5.69 Å². The lowest BCUT2D eigenvalue weighted by Gasteiger charge is -2.05. The summed E-state index contributed by atoms with van der Waals surface area (Å²) in [6.07, 6.45) is 3.51. The van der Waals surface area contributed by atoms with E-state index in [9.17, 15) is 4.79 Å². The molecule has 0 aliphatic heterocycles. The molecular formula is C14H13N5O3S. The summed E-state index contributed by atoms with van der Waals surface area (Å²) in [7, 11) is 0. The Kier molecular flexibility index (Phi) is 4.38. The molecule has 8 nitrogen and oxygen atoms in total. The van der Waals surface area contributed by atoms with Crippen LogP contribution in [0.5, 0.6) is 0 Å². The monoisotopic (exact) mass is 331 g/mol. The minimum atomic E-state index is -0.250. The van der Waals surface area contributed by atoms with Crippen molar-refractivity contribution in [2.75, 3.05) is 6.26 Å². The Morgan fingerprint density at radius 3 is 2.96 bits per heavy atom. The number of carbonyl (C=O) groups excluding carboxylic acids is 1. The van der Waals surface area contributed by atoms with Crippen LogP contribution in [0.4, 0.5) is 0 Å². The molecule has 3 rings (SSSR count). The molecule has 9 heteroatoms. The summed E-state index contributed by atoms with van der Waals surface area (Å²) in [5.74, 6) is 1.00. The zero-order valence-electron chi connectivity index (χ0n) is 12.4. The third-order valence-electron chi connectivity index (χ3n) is 2.93. The minimum absolute atomic E-state index is 0.116. The Hall–Kier alpha value is -2.68. The molecule has 0 saturated carbocycles. The second-order valence-electron chi connectivity index (χ2n) is 4.58. The lowest BCUT2D eigenvalue weighted by molar-refractivity contribution is 0.0942. The highest BCUT2D eigenvalue weighted by Gasteiger charge is 2.15. The SMILES string of the molecule is CSc1ncccc1C(=O)NCc1nc(-c2cc(C)on2)no1. The molecule has 118 valence electrons. The summed E-state index contributed by atoms with van der Waals surface area (Å²) in [6, 6.07) is 5.13. The van der Waals surface area contributed by atoms with E-state index in [0.29, 0.717) is 27.9 Å². The lowest BCUT2D eigenvalue weighted by atomic mass is 10.2. The Morgan fingerprint density at radius 1 is 1.35 bits per heavy atom. The van der Waals surface area contributed by atoms with Gasteiger partial charge in [0.25, 0.3) is 5.91 Å². The molecule has 3 heterocycles. The smallest absolute Gasteiger partial charge is 0.254 e. The quantitative estimate of drug-likeness (QED) is 0.708. The van der Waals surface area contributed by atoms with Crippen LogP contribution in [-0.4, -0.2) is 32.4 Å². The standard InChI is InChI=1S/C14H13N5O3S/c1-8-6-10(18-21-8)12-17-11(22-19-12)7-16-13(20)9-4-3-5-15-14(9)23-2/h3-6H,7H2,1-2H3,(H,16,20). The van der Waals surface area contributed by atoms with Gasteiger partial charge in [0.05, 0.1) is 12.1 Å². The molecule has 0 spiro atoms. The zero-order valence-corrected chi connectivity index (χ0v) is 13.3. The first kappa shape index (κ1) is 15.2. The van der Waals surface area contributed by atoms with Gasteiger partial charge in [-0.2, -0.15) is 4.98 Å². The molecule has 0 atom stereocenters. The molecule has 1 N–H and O–H groups in total. The number of nitrogens with one attached hydrogen (secondary N) is 1. The van der Waals surface area contributed by atoms with Gasteiger partial charge in [-0.15, -0.1) is 11.8 Å². The van der Waals surface area contributed by atoms with Gasteiger partial charge in [0.2, 0.25) is 11.7 Å². The maximum absolute atomic E-state index is 12.2. The van der Waals surface area contributed by atoms with Crippen LogP contribution in [0.2, 0.25) is 0 Å². The highest BCUT2D eigenvalue weighted by molar-refractivity contribution is 7.98. The van der Waals surface area contributed by atoms with Crippen LogP contribution in [0, 0.1) is 6.92 Å². The number of pyridine rings is 1. The molecule has 0 saturated heterocycles. The first-order chi connectivity index (χ1) is 11.2. The Labute approximate surface area is 135 Å². The summed E-state index contributed by atoms with van der Waals surface area (Å²) < 4.78 is 10.1. The molecule has 0 unspecified atom stereocenters. The van der Waals surface area contributed by atoms with Crippen molar-refractivity contribution in [3.8, 4) is 11.5 Å². The van der Waals surface area contributed by atoms with E-state index in [1.165, 1.54) is 11.8 Å². The maximum Gasteiger partial charge on any atom is 0.254 e. The van der Waals surface area contributed by atoms with Crippen LogP contribution >= 0.6 is 11.8 Å². The fourth-order valence-electron chi connectivity index (χ4n) is 1.88. The molecular weight excluding hydrogens is 318 g/mol. The number of nitrogens with zero attached hydrogens (tertiary/aromatic N) is 4. The fourth-order valence-corrected chi connectivity index (χ4v) is 2.43. The van der Waals surface area contributed by atoms with Gasteiger partial charge in [0.1, 0.15) is 10.8 Å². The number of hydrogen-bond acceptors (Lipinski definition) is 8. The highest BCUT2D eigenvalue weighted by Crippen LogP contribution is 2.17.